The molecule has 0 aromatic carbocycles. The minimum atomic E-state index is -1.08. The van der Waals surface area contributed by atoms with Crippen molar-refractivity contribution < 1.29 is 14.3 Å². The molecule has 1 N–H and O–H groups in total. The standard InChI is InChI=1S/C6H7NO3S/c1-2-11-6-7-3-4(10-6)5(8)9/h3H,2H2,1H3,(H,8,9). The van der Waals surface area contributed by atoms with Crippen LogP contribution in [0.3, 0.4) is 0 Å². The van der Waals surface area contributed by atoms with Crippen molar-refractivity contribution in [1.82, 2.24) is 4.98 Å². The van der Waals surface area contributed by atoms with Gasteiger partial charge in [-0.25, -0.2) is 9.78 Å². The minimum absolute atomic E-state index is 0.110. The molecule has 0 saturated heterocycles. The summed E-state index contributed by atoms with van der Waals surface area (Å²) in [7, 11) is 0. The van der Waals surface area contributed by atoms with Gasteiger partial charge in [0.1, 0.15) is 0 Å². The fourth-order valence-corrected chi connectivity index (χ4v) is 1.07. The van der Waals surface area contributed by atoms with E-state index >= 15 is 0 Å². The zero-order chi connectivity index (χ0) is 8.27. The molecule has 0 fully saturated rings. The zero-order valence-electron chi connectivity index (χ0n) is 5.90. The van der Waals surface area contributed by atoms with E-state index in [0.717, 1.165) is 5.75 Å². The summed E-state index contributed by atoms with van der Waals surface area (Å²) in [5.41, 5.74) is 0. The van der Waals surface area contributed by atoms with Gasteiger partial charge in [0.2, 0.25) is 5.76 Å². The van der Waals surface area contributed by atoms with E-state index in [1.54, 1.807) is 0 Å². The van der Waals surface area contributed by atoms with Crippen molar-refractivity contribution in [3.63, 3.8) is 0 Å². The molecule has 0 aliphatic carbocycles. The molecule has 60 valence electrons. The Kier molecular flexibility index (Phi) is 2.53. The van der Waals surface area contributed by atoms with Crippen LogP contribution in [0.4, 0.5) is 0 Å². The van der Waals surface area contributed by atoms with Crippen LogP contribution < -0.4 is 0 Å². The van der Waals surface area contributed by atoms with Gasteiger partial charge in [-0.1, -0.05) is 18.7 Å². The number of carboxylic acid groups (broad SMARTS) is 1. The highest BCUT2D eigenvalue weighted by molar-refractivity contribution is 7.99. The fourth-order valence-electron chi connectivity index (χ4n) is 0.547. The second-order valence-electron chi connectivity index (χ2n) is 1.73. The number of aromatic nitrogens is 1. The molecule has 0 aliphatic heterocycles. The van der Waals surface area contributed by atoms with Crippen LogP contribution in [0.1, 0.15) is 17.5 Å². The van der Waals surface area contributed by atoms with Gasteiger partial charge in [-0.15, -0.1) is 0 Å². The number of nitrogens with zero attached hydrogens (tertiary/aromatic N) is 1. The Morgan fingerprint density at radius 2 is 2.64 bits per heavy atom. The summed E-state index contributed by atoms with van der Waals surface area (Å²) in [5, 5.41) is 8.83. The molecule has 1 aromatic rings. The number of hydrogen-bond acceptors (Lipinski definition) is 4. The molecule has 0 unspecified atom stereocenters. The molecule has 0 amide bonds. The molecule has 0 radical (unpaired) electrons. The third-order valence-corrected chi connectivity index (χ3v) is 1.69. The van der Waals surface area contributed by atoms with E-state index in [9.17, 15) is 4.79 Å². The van der Waals surface area contributed by atoms with Gasteiger partial charge >= 0.3 is 5.97 Å². The van der Waals surface area contributed by atoms with Crippen molar-refractivity contribution in [1.29, 1.82) is 0 Å². The van der Waals surface area contributed by atoms with Crippen LogP contribution in [0.5, 0.6) is 0 Å². The summed E-state index contributed by atoms with van der Waals surface area (Å²) in [5.74, 6) is -0.374. The van der Waals surface area contributed by atoms with Crippen LogP contribution in [0.2, 0.25) is 0 Å². The number of oxazole rings is 1. The summed E-state index contributed by atoms with van der Waals surface area (Å²) < 4.78 is 4.84. The summed E-state index contributed by atoms with van der Waals surface area (Å²) >= 11 is 1.37. The number of thioether (sulfide) groups is 1. The molecular formula is C6H7NO3S. The largest absolute Gasteiger partial charge is 0.475 e. The summed E-state index contributed by atoms with van der Waals surface area (Å²) in [6.07, 6.45) is 1.21. The highest BCUT2D eigenvalue weighted by Crippen LogP contribution is 2.16. The van der Waals surface area contributed by atoms with Gasteiger partial charge in [-0.3, -0.25) is 0 Å². The first-order chi connectivity index (χ1) is 5.24. The molecule has 0 aliphatic rings. The van der Waals surface area contributed by atoms with E-state index in [-0.39, 0.29) is 5.76 Å². The summed E-state index contributed by atoms with van der Waals surface area (Å²) in [4.78, 5) is 14.0. The monoisotopic (exact) mass is 173 g/mol. The van der Waals surface area contributed by atoms with E-state index < -0.39 is 5.97 Å². The molecule has 0 atom stereocenters. The van der Waals surface area contributed by atoms with Crippen molar-refractivity contribution in [2.24, 2.45) is 0 Å². The van der Waals surface area contributed by atoms with Gasteiger partial charge < -0.3 is 9.52 Å². The number of hydrogen-bond donors (Lipinski definition) is 1. The lowest BCUT2D eigenvalue weighted by Crippen LogP contribution is -1.91. The van der Waals surface area contributed by atoms with Gasteiger partial charge in [0.15, 0.2) is 0 Å². The summed E-state index contributed by atoms with van der Waals surface area (Å²) in [6, 6.07) is 0. The van der Waals surface area contributed by atoms with E-state index in [1.807, 2.05) is 6.92 Å². The van der Waals surface area contributed by atoms with E-state index in [4.69, 9.17) is 9.52 Å². The number of carbonyl (C=O) groups is 1. The Balaban J connectivity index is 2.73. The van der Waals surface area contributed by atoms with Crippen molar-refractivity contribution in [3.8, 4) is 0 Å². The minimum Gasteiger partial charge on any atom is -0.475 e. The maximum atomic E-state index is 10.3. The third kappa shape index (κ3) is 1.98. The van der Waals surface area contributed by atoms with Crippen LogP contribution in [-0.4, -0.2) is 21.8 Å². The van der Waals surface area contributed by atoms with E-state index in [2.05, 4.69) is 4.98 Å². The number of carboxylic acids is 1. The van der Waals surface area contributed by atoms with Crippen molar-refractivity contribution in [2.75, 3.05) is 5.75 Å². The maximum absolute atomic E-state index is 10.3. The van der Waals surface area contributed by atoms with Gasteiger partial charge in [-0.05, 0) is 5.75 Å². The van der Waals surface area contributed by atoms with Crippen LogP contribution in [0.15, 0.2) is 15.8 Å². The van der Waals surface area contributed by atoms with E-state index in [0.29, 0.717) is 5.22 Å². The van der Waals surface area contributed by atoms with Crippen LogP contribution >= 0.6 is 11.8 Å². The quantitative estimate of drug-likeness (QED) is 0.701. The Bertz CT molecular complexity index is 258. The molecule has 5 heteroatoms. The third-order valence-electron chi connectivity index (χ3n) is 0.963. The first-order valence-corrected chi connectivity index (χ1v) is 4.04. The Hall–Kier alpha value is -0.970. The van der Waals surface area contributed by atoms with E-state index in [1.165, 1.54) is 18.0 Å². The van der Waals surface area contributed by atoms with Gasteiger partial charge in [0.25, 0.3) is 5.22 Å². The molecule has 0 saturated carbocycles. The lowest BCUT2D eigenvalue weighted by Gasteiger charge is -1.86. The molecule has 11 heavy (non-hydrogen) atoms. The highest BCUT2D eigenvalue weighted by Gasteiger charge is 2.09. The SMILES string of the molecule is CCSc1ncc(C(=O)O)o1. The Labute approximate surface area is 67.6 Å². The molecule has 0 spiro atoms. The van der Waals surface area contributed by atoms with Gasteiger partial charge in [-0.2, -0.15) is 0 Å². The Morgan fingerprint density at radius 3 is 3.09 bits per heavy atom. The number of rotatable bonds is 3. The first kappa shape index (κ1) is 8.13. The maximum Gasteiger partial charge on any atom is 0.373 e. The lowest BCUT2D eigenvalue weighted by molar-refractivity contribution is 0.0656. The van der Waals surface area contributed by atoms with Crippen molar-refractivity contribution in [2.45, 2.75) is 12.1 Å². The number of aromatic carboxylic acids is 1. The second-order valence-corrected chi connectivity index (χ2v) is 2.94. The predicted octanol–water partition coefficient (Wildman–Crippen LogP) is 1.48. The van der Waals surface area contributed by atoms with Crippen molar-refractivity contribution >= 4 is 17.7 Å². The Morgan fingerprint density at radius 1 is 1.91 bits per heavy atom. The lowest BCUT2D eigenvalue weighted by atomic mass is 10.5. The summed E-state index contributed by atoms with van der Waals surface area (Å²) in [6.45, 7) is 1.94. The second kappa shape index (κ2) is 3.43. The van der Waals surface area contributed by atoms with Crippen LogP contribution in [0.25, 0.3) is 0 Å². The fraction of sp³-hybridized carbons (Fsp3) is 0.333. The molecule has 4 nitrogen and oxygen atoms in total. The van der Waals surface area contributed by atoms with Gasteiger partial charge in [0.05, 0.1) is 6.20 Å². The topological polar surface area (TPSA) is 63.3 Å². The predicted molar refractivity (Wildman–Crippen MR) is 39.9 cm³/mol. The van der Waals surface area contributed by atoms with Crippen LogP contribution in [0, 0.1) is 0 Å². The molecule has 1 rings (SSSR count). The van der Waals surface area contributed by atoms with Crippen LogP contribution in [-0.2, 0) is 0 Å². The first-order valence-electron chi connectivity index (χ1n) is 3.06. The average Bonchev–Trinajstić information content (AvgIpc) is 2.37. The van der Waals surface area contributed by atoms with Crippen molar-refractivity contribution in [3.05, 3.63) is 12.0 Å². The molecular weight excluding hydrogens is 166 g/mol. The van der Waals surface area contributed by atoms with Gasteiger partial charge in [0, 0.05) is 0 Å². The smallest absolute Gasteiger partial charge is 0.373 e. The molecule has 1 aromatic heterocycles. The average molecular weight is 173 g/mol. The molecule has 0 bridgehead atoms. The molecule has 1 heterocycles. The normalized spacial score (nSPS) is 9.91. The zero-order valence-corrected chi connectivity index (χ0v) is 6.72. The highest BCUT2D eigenvalue weighted by atomic mass is 32.2.